The fourth-order valence-corrected chi connectivity index (χ4v) is 14.3. The molecule has 2 atom stereocenters. The molecule has 0 bridgehead atoms. The number of pyridine rings is 1. The fourth-order valence-electron chi connectivity index (χ4n) is 8.87. The molecule has 7 rings (SSSR count). The van der Waals surface area contributed by atoms with Gasteiger partial charge in [-0.3, -0.25) is 9.72 Å². The number of hydrogen-bond donors (Lipinski definition) is 2. The number of hydrogen-bond acceptors (Lipinski definition) is 8. The summed E-state index contributed by atoms with van der Waals surface area (Å²) in [5, 5.41) is 20.9. The highest BCUT2D eigenvalue weighted by molar-refractivity contribution is 6.78. The van der Waals surface area contributed by atoms with E-state index in [9.17, 15) is 4.79 Å². The minimum absolute atomic E-state index is 0.192. The van der Waals surface area contributed by atoms with Crippen LogP contribution in [-0.4, -0.2) is 65.0 Å². The Morgan fingerprint density at radius 3 is 2.38 bits per heavy atom. The third-order valence-corrected chi connectivity index (χ3v) is 18.1. The summed E-state index contributed by atoms with van der Waals surface area (Å²) in [5.74, 6) is 2.72. The summed E-state index contributed by atoms with van der Waals surface area (Å²) in [6.45, 7) is 22.9. The molecule has 3 aromatic heterocycles. The molecule has 1 aliphatic heterocycles. The lowest BCUT2D eigenvalue weighted by Gasteiger charge is -2.42. The topological polar surface area (TPSA) is 120 Å². The summed E-state index contributed by atoms with van der Waals surface area (Å²) in [6, 6.07) is 19.2. The predicted octanol–water partition coefficient (Wildman–Crippen LogP) is 10.4. The highest BCUT2D eigenvalue weighted by Gasteiger charge is 2.47. The van der Waals surface area contributed by atoms with Crippen molar-refractivity contribution in [2.75, 3.05) is 36.5 Å². The molecule has 0 saturated carbocycles. The maximum Gasteiger partial charge on any atom is 0.320 e. The Bertz CT molecular complexity index is 2200. The van der Waals surface area contributed by atoms with Gasteiger partial charge in [0.15, 0.2) is 5.65 Å². The van der Waals surface area contributed by atoms with Gasteiger partial charge in [-0.15, -0.1) is 10.2 Å². The van der Waals surface area contributed by atoms with E-state index in [1.807, 2.05) is 59.1 Å². The highest BCUT2D eigenvalue weighted by Crippen LogP contribution is 2.45. The van der Waals surface area contributed by atoms with Crippen LogP contribution in [0.4, 0.5) is 16.6 Å². The molecular weight excluding hydrogens is 768 g/mol. The lowest BCUT2D eigenvalue weighted by atomic mass is 9.85. The Labute approximate surface area is 348 Å². The lowest BCUT2D eigenvalue weighted by molar-refractivity contribution is 0.152. The van der Waals surface area contributed by atoms with Crippen LogP contribution in [0.2, 0.25) is 21.6 Å². The number of carbonyl (C=O) groups excluding carboxylic acids is 1. The normalized spacial score (nSPS) is 17.8. The van der Waals surface area contributed by atoms with Crippen LogP contribution in [0.1, 0.15) is 111 Å². The summed E-state index contributed by atoms with van der Waals surface area (Å²) in [7, 11) is -2.30. The first-order chi connectivity index (χ1) is 27.6. The van der Waals surface area contributed by atoms with Crippen molar-refractivity contribution in [3.05, 3.63) is 88.7 Å². The van der Waals surface area contributed by atoms with Gasteiger partial charge >= 0.3 is 6.03 Å². The zero-order chi connectivity index (χ0) is 41.4. The van der Waals surface area contributed by atoms with Crippen molar-refractivity contribution in [2.45, 2.75) is 116 Å². The zero-order valence-electron chi connectivity index (χ0n) is 35.4. The lowest BCUT2D eigenvalue weighted by Crippen LogP contribution is -2.50. The second kappa shape index (κ2) is 16.9. The molecule has 2 aromatic carbocycles. The maximum absolute atomic E-state index is 14.0. The number of anilines is 2. The smallest absolute Gasteiger partial charge is 0.320 e. The van der Waals surface area contributed by atoms with E-state index in [0.717, 1.165) is 66.0 Å². The number of ether oxygens (including phenoxy) is 2. The van der Waals surface area contributed by atoms with Gasteiger partial charge in [0.2, 0.25) is 5.95 Å². The molecule has 0 spiro atoms. The quantitative estimate of drug-likeness (QED) is 0.126. The average Bonchev–Trinajstić information content (AvgIpc) is 3.70. The summed E-state index contributed by atoms with van der Waals surface area (Å²) < 4.78 is 23.2. The molecule has 2 aliphatic rings. The second-order valence-corrected chi connectivity index (χ2v) is 23.4. The number of fused-ring (bicyclic) bond motifs is 2. The minimum atomic E-state index is -2.30. The molecule has 2 amide bonds. The number of amides is 2. The van der Waals surface area contributed by atoms with E-state index in [0.29, 0.717) is 52.7 Å². The largest absolute Gasteiger partial charge is 0.542 e. The van der Waals surface area contributed by atoms with E-state index in [2.05, 4.69) is 100 Å². The minimum Gasteiger partial charge on any atom is -0.542 e. The van der Waals surface area contributed by atoms with Crippen LogP contribution in [0.3, 0.4) is 0 Å². The van der Waals surface area contributed by atoms with Crippen LogP contribution in [-0.2, 0) is 10.2 Å². The number of nitrogens with zero attached hydrogens (tertiary/aromatic N) is 6. The van der Waals surface area contributed by atoms with Gasteiger partial charge < -0.3 is 24.1 Å². The summed E-state index contributed by atoms with van der Waals surface area (Å²) in [6.07, 6.45) is 4.13. The molecule has 1 saturated heterocycles. The van der Waals surface area contributed by atoms with E-state index in [1.54, 1.807) is 4.68 Å². The van der Waals surface area contributed by atoms with E-state index in [4.69, 9.17) is 30.6 Å². The van der Waals surface area contributed by atoms with Gasteiger partial charge in [0, 0.05) is 37.2 Å². The molecular formula is C44H59ClN8O4Si. The first kappa shape index (κ1) is 41.6. The summed E-state index contributed by atoms with van der Waals surface area (Å²) in [4.78, 5) is 16.2. The Hall–Kier alpha value is -4.59. The van der Waals surface area contributed by atoms with Gasteiger partial charge in [-0.25, -0.2) is 9.48 Å². The van der Waals surface area contributed by atoms with Gasteiger partial charge in [-0.2, -0.15) is 5.10 Å². The Balaban J connectivity index is 1.11. The first-order valence-electron chi connectivity index (χ1n) is 20.8. The first-order valence-corrected chi connectivity index (χ1v) is 23.3. The molecule has 5 aromatic rings. The van der Waals surface area contributed by atoms with Crippen LogP contribution in [0.5, 0.6) is 11.5 Å². The molecule has 1 fully saturated rings. The summed E-state index contributed by atoms with van der Waals surface area (Å²) >= 11 is 6.84. The van der Waals surface area contributed by atoms with Gasteiger partial charge in [0.25, 0.3) is 8.32 Å². The number of aromatic nitrogens is 5. The number of carbonyl (C=O) groups is 1. The Morgan fingerprint density at radius 1 is 0.914 bits per heavy atom. The third-order valence-electron chi connectivity index (χ3n) is 11.8. The van der Waals surface area contributed by atoms with Gasteiger partial charge in [0.1, 0.15) is 23.4 Å². The molecule has 4 heterocycles. The van der Waals surface area contributed by atoms with Crippen LogP contribution in [0, 0.1) is 0 Å². The molecule has 2 N–H and O–H groups in total. The second-order valence-electron chi connectivity index (χ2n) is 17.6. The molecule has 0 radical (unpaired) electrons. The predicted molar refractivity (Wildman–Crippen MR) is 234 cm³/mol. The van der Waals surface area contributed by atoms with E-state index in [-0.39, 0.29) is 23.6 Å². The zero-order valence-corrected chi connectivity index (χ0v) is 37.1. The van der Waals surface area contributed by atoms with E-state index in [1.165, 1.54) is 0 Å². The number of nitrogens with one attached hydrogen (secondary N) is 2. The van der Waals surface area contributed by atoms with Crippen molar-refractivity contribution in [1.29, 1.82) is 0 Å². The molecule has 0 unspecified atom stereocenters. The molecule has 58 heavy (non-hydrogen) atoms. The van der Waals surface area contributed by atoms with Gasteiger partial charge in [0.05, 0.1) is 35.2 Å². The SMILES string of the molecule is CC(C)[Si](Oc1cc(-n2nc(C(C)(C)C)cc2NC(=O)N[C@H]2CC[C@@H](Oc3ccc4nnc(N5CCCOCC5)n4c3)c3ccccc32)ccc1Cl)(C(C)C)C(C)C. The molecule has 1 aliphatic carbocycles. The van der Waals surface area contributed by atoms with E-state index >= 15 is 0 Å². The standard InChI is InChI=1S/C44H59ClN8O4Si/c1-28(2)58(29(3)4,30(5)6)57-38-25-31(15-17-35(38)45)53-41(26-39(50-53)44(7,8)9)47-42(54)46-36-18-19-37(34-14-11-10-13-33(34)36)56-32-16-20-40-48-49-43(52(40)27-32)51-21-12-23-55-24-22-51/h10-11,13-17,20,25-30,36-37H,12,18-19,21-24H2,1-9H3,(H2,46,47,54)/t36-,37+/m0/s1. The van der Waals surface area contributed by atoms with Crippen molar-refractivity contribution >= 4 is 43.4 Å². The van der Waals surface area contributed by atoms with Crippen LogP contribution >= 0.6 is 11.6 Å². The highest BCUT2D eigenvalue weighted by atomic mass is 35.5. The summed E-state index contributed by atoms with van der Waals surface area (Å²) in [5.41, 5.74) is 5.30. The number of rotatable bonds is 11. The van der Waals surface area contributed by atoms with Gasteiger partial charge in [-0.05, 0) is 71.3 Å². The van der Waals surface area contributed by atoms with Crippen LogP contribution < -0.4 is 24.7 Å². The molecule has 12 nitrogen and oxygen atoms in total. The fraction of sp³-hybridized carbons (Fsp3) is 0.500. The van der Waals surface area contributed by atoms with Crippen molar-refractivity contribution in [3.8, 4) is 17.2 Å². The van der Waals surface area contributed by atoms with Gasteiger partial charge in [-0.1, -0.05) is 98.2 Å². The number of halogens is 1. The number of benzene rings is 2. The Morgan fingerprint density at radius 2 is 1.66 bits per heavy atom. The van der Waals surface area contributed by atoms with E-state index < -0.39 is 8.32 Å². The Kier molecular flexibility index (Phi) is 12.1. The van der Waals surface area contributed by atoms with Crippen molar-refractivity contribution < 1.29 is 18.7 Å². The number of urea groups is 1. The van der Waals surface area contributed by atoms with Crippen LogP contribution in [0.15, 0.2) is 66.9 Å². The maximum atomic E-state index is 14.0. The van der Waals surface area contributed by atoms with Crippen molar-refractivity contribution in [1.82, 2.24) is 29.7 Å². The van der Waals surface area contributed by atoms with Crippen molar-refractivity contribution in [2.24, 2.45) is 0 Å². The monoisotopic (exact) mass is 826 g/mol. The molecule has 14 heteroatoms. The average molecular weight is 828 g/mol. The third kappa shape index (κ3) is 8.44. The molecule has 310 valence electrons. The van der Waals surface area contributed by atoms with Crippen molar-refractivity contribution in [3.63, 3.8) is 0 Å². The van der Waals surface area contributed by atoms with Crippen LogP contribution in [0.25, 0.3) is 11.3 Å².